The van der Waals surface area contributed by atoms with Gasteiger partial charge in [-0.25, -0.2) is 0 Å². The number of methoxy groups -OCH3 is 2. The summed E-state index contributed by atoms with van der Waals surface area (Å²) < 4.78 is 10.4. The Labute approximate surface area is 169 Å². The Kier molecular flexibility index (Phi) is 6.14. The second-order valence-electron chi connectivity index (χ2n) is 6.42. The number of hydrogen-bond donors (Lipinski definition) is 2. The maximum Gasteiger partial charge on any atom is 0.255 e. The van der Waals surface area contributed by atoms with Crippen molar-refractivity contribution in [3.05, 3.63) is 83.4 Å². The first-order valence-corrected chi connectivity index (χ1v) is 9.01. The summed E-state index contributed by atoms with van der Waals surface area (Å²) in [7, 11) is 3.12. The Morgan fingerprint density at radius 1 is 0.759 bits per heavy atom. The quantitative estimate of drug-likeness (QED) is 0.649. The first-order valence-electron chi connectivity index (χ1n) is 9.01. The summed E-state index contributed by atoms with van der Waals surface area (Å²) in [6.45, 7) is 1.94. The summed E-state index contributed by atoms with van der Waals surface area (Å²) in [6, 6.07) is 19.1. The Balaban J connectivity index is 1.70. The summed E-state index contributed by atoms with van der Waals surface area (Å²) in [5.41, 5.74) is 3.11. The van der Waals surface area contributed by atoms with Gasteiger partial charge in [-0.2, -0.15) is 0 Å². The molecule has 2 N–H and O–H groups in total. The molecule has 0 spiro atoms. The van der Waals surface area contributed by atoms with Crippen molar-refractivity contribution in [2.75, 3.05) is 24.9 Å². The van der Waals surface area contributed by atoms with E-state index in [-0.39, 0.29) is 11.8 Å². The predicted octanol–water partition coefficient (Wildman–Crippen LogP) is 4.52. The van der Waals surface area contributed by atoms with Crippen molar-refractivity contribution in [3.8, 4) is 11.5 Å². The van der Waals surface area contributed by atoms with Crippen molar-refractivity contribution < 1.29 is 19.1 Å². The molecule has 3 aromatic carbocycles. The van der Waals surface area contributed by atoms with Crippen LogP contribution in [0.3, 0.4) is 0 Å². The van der Waals surface area contributed by atoms with Gasteiger partial charge in [-0.15, -0.1) is 0 Å². The van der Waals surface area contributed by atoms with Gasteiger partial charge in [0.1, 0.15) is 11.5 Å². The van der Waals surface area contributed by atoms with Gasteiger partial charge in [0.2, 0.25) is 0 Å². The summed E-state index contributed by atoms with van der Waals surface area (Å²) in [6.07, 6.45) is 0. The molecule has 0 fully saturated rings. The van der Waals surface area contributed by atoms with Crippen LogP contribution in [0.4, 0.5) is 11.4 Å². The van der Waals surface area contributed by atoms with Crippen LogP contribution in [0.1, 0.15) is 26.3 Å². The third-order valence-corrected chi connectivity index (χ3v) is 4.34. The van der Waals surface area contributed by atoms with Gasteiger partial charge in [0.15, 0.2) is 0 Å². The molecule has 3 rings (SSSR count). The summed E-state index contributed by atoms with van der Waals surface area (Å²) in [5.74, 6) is 0.679. The van der Waals surface area contributed by atoms with Crippen LogP contribution in [0.5, 0.6) is 11.5 Å². The van der Waals surface area contributed by atoms with Crippen molar-refractivity contribution in [3.63, 3.8) is 0 Å². The number of anilines is 2. The molecular weight excluding hydrogens is 368 g/mol. The van der Waals surface area contributed by atoms with E-state index in [4.69, 9.17) is 9.47 Å². The van der Waals surface area contributed by atoms with E-state index in [1.165, 1.54) is 0 Å². The standard InChI is InChI=1S/C23H22N2O4/c1-15-7-12-21(29-3)20(13-15)25-23(27)17-10-8-16(9-11-17)22(26)24-18-5-4-6-19(14-18)28-2/h4-14H,1-3H3,(H,24,26)(H,25,27). The molecule has 0 aliphatic heterocycles. The fourth-order valence-corrected chi connectivity index (χ4v) is 2.79. The average molecular weight is 390 g/mol. The van der Waals surface area contributed by atoms with Gasteiger partial charge >= 0.3 is 0 Å². The molecule has 29 heavy (non-hydrogen) atoms. The fourth-order valence-electron chi connectivity index (χ4n) is 2.79. The molecule has 0 atom stereocenters. The Hall–Kier alpha value is -3.80. The lowest BCUT2D eigenvalue weighted by molar-refractivity contribution is 0.101. The number of ether oxygens (including phenoxy) is 2. The average Bonchev–Trinajstić information content (AvgIpc) is 2.74. The van der Waals surface area contributed by atoms with Gasteiger partial charge in [-0.05, 0) is 61.0 Å². The topological polar surface area (TPSA) is 76.7 Å². The van der Waals surface area contributed by atoms with Crippen molar-refractivity contribution in [1.82, 2.24) is 0 Å². The monoisotopic (exact) mass is 390 g/mol. The van der Waals surface area contributed by atoms with Crippen LogP contribution in [0, 0.1) is 6.92 Å². The highest BCUT2D eigenvalue weighted by Gasteiger charge is 2.12. The van der Waals surface area contributed by atoms with Crippen molar-refractivity contribution >= 4 is 23.2 Å². The molecule has 0 aromatic heterocycles. The largest absolute Gasteiger partial charge is 0.497 e. The molecule has 0 bridgehead atoms. The number of aryl methyl sites for hydroxylation is 1. The highest BCUT2D eigenvalue weighted by molar-refractivity contribution is 6.07. The maximum atomic E-state index is 12.6. The minimum Gasteiger partial charge on any atom is -0.497 e. The Bertz CT molecular complexity index is 1030. The number of carbonyl (C=O) groups is 2. The van der Waals surface area contributed by atoms with Crippen molar-refractivity contribution in [2.45, 2.75) is 6.92 Å². The van der Waals surface area contributed by atoms with Crippen LogP contribution < -0.4 is 20.1 Å². The van der Waals surface area contributed by atoms with Crippen LogP contribution >= 0.6 is 0 Å². The molecule has 0 aliphatic rings. The lowest BCUT2D eigenvalue weighted by atomic mass is 10.1. The smallest absolute Gasteiger partial charge is 0.255 e. The predicted molar refractivity (Wildman–Crippen MR) is 113 cm³/mol. The van der Waals surface area contributed by atoms with Gasteiger partial charge in [0.05, 0.1) is 19.9 Å². The van der Waals surface area contributed by atoms with Crippen molar-refractivity contribution in [2.24, 2.45) is 0 Å². The van der Waals surface area contributed by atoms with E-state index < -0.39 is 0 Å². The SMILES string of the molecule is COc1cccc(NC(=O)c2ccc(C(=O)Nc3cc(C)ccc3OC)cc2)c1. The number of benzene rings is 3. The zero-order valence-electron chi connectivity index (χ0n) is 16.5. The minimum absolute atomic E-state index is 0.273. The van der Waals surface area contributed by atoms with Gasteiger partial charge in [0.25, 0.3) is 11.8 Å². The second-order valence-corrected chi connectivity index (χ2v) is 6.42. The maximum absolute atomic E-state index is 12.6. The van der Waals surface area contributed by atoms with E-state index in [2.05, 4.69) is 10.6 Å². The Morgan fingerprint density at radius 2 is 1.41 bits per heavy atom. The first-order chi connectivity index (χ1) is 14.0. The molecule has 0 saturated carbocycles. The molecule has 6 heteroatoms. The molecule has 0 radical (unpaired) electrons. The first kappa shape index (κ1) is 19.9. The number of amides is 2. The molecule has 0 aliphatic carbocycles. The van der Waals surface area contributed by atoms with Gasteiger partial charge in [0, 0.05) is 22.9 Å². The van der Waals surface area contributed by atoms with E-state index in [9.17, 15) is 9.59 Å². The molecule has 3 aromatic rings. The molecule has 148 valence electrons. The van der Waals surface area contributed by atoms with E-state index in [0.717, 1.165) is 5.56 Å². The molecule has 0 heterocycles. The van der Waals surface area contributed by atoms with Crippen LogP contribution in [-0.2, 0) is 0 Å². The van der Waals surface area contributed by atoms with Crippen LogP contribution in [0.15, 0.2) is 66.7 Å². The summed E-state index contributed by atoms with van der Waals surface area (Å²) in [5, 5.41) is 5.65. The van der Waals surface area contributed by atoms with Gasteiger partial charge in [-0.3, -0.25) is 9.59 Å². The summed E-state index contributed by atoms with van der Waals surface area (Å²) in [4.78, 5) is 25.0. The third kappa shape index (κ3) is 4.93. The summed E-state index contributed by atoms with van der Waals surface area (Å²) >= 11 is 0. The van der Waals surface area contributed by atoms with E-state index in [1.54, 1.807) is 68.8 Å². The molecule has 0 saturated heterocycles. The van der Waals surface area contributed by atoms with E-state index in [1.807, 2.05) is 19.1 Å². The Morgan fingerprint density at radius 3 is 2.03 bits per heavy atom. The van der Waals surface area contributed by atoms with Crippen LogP contribution in [-0.4, -0.2) is 26.0 Å². The van der Waals surface area contributed by atoms with Gasteiger partial charge < -0.3 is 20.1 Å². The normalized spacial score (nSPS) is 10.2. The zero-order valence-corrected chi connectivity index (χ0v) is 16.5. The molecular formula is C23H22N2O4. The van der Waals surface area contributed by atoms with Crippen molar-refractivity contribution in [1.29, 1.82) is 0 Å². The fraction of sp³-hybridized carbons (Fsp3) is 0.130. The molecule has 0 unspecified atom stereocenters. The highest BCUT2D eigenvalue weighted by Crippen LogP contribution is 2.26. The van der Waals surface area contributed by atoms with Crippen LogP contribution in [0.25, 0.3) is 0 Å². The van der Waals surface area contributed by atoms with E-state index in [0.29, 0.717) is 34.0 Å². The third-order valence-electron chi connectivity index (χ3n) is 4.34. The number of carbonyl (C=O) groups excluding carboxylic acids is 2. The minimum atomic E-state index is -0.284. The highest BCUT2D eigenvalue weighted by atomic mass is 16.5. The molecule has 2 amide bonds. The number of hydrogen-bond acceptors (Lipinski definition) is 4. The molecule has 6 nitrogen and oxygen atoms in total. The lowest BCUT2D eigenvalue weighted by Gasteiger charge is -2.11. The van der Waals surface area contributed by atoms with E-state index >= 15 is 0 Å². The number of nitrogens with one attached hydrogen (secondary N) is 2. The number of rotatable bonds is 6. The lowest BCUT2D eigenvalue weighted by Crippen LogP contribution is -2.15. The van der Waals surface area contributed by atoms with Crippen LogP contribution in [0.2, 0.25) is 0 Å². The van der Waals surface area contributed by atoms with Gasteiger partial charge in [-0.1, -0.05) is 12.1 Å². The zero-order chi connectivity index (χ0) is 20.8. The second kappa shape index (κ2) is 8.93.